The van der Waals surface area contributed by atoms with E-state index in [9.17, 15) is 0 Å². The van der Waals surface area contributed by atoms with Crippen LogP contribution in [0.1, 0.15) is 19.3 Å². The van der Waals surface area contributed by atoms with Crippen LogP contribution in [0, 0.1) is 0 Å². The van der Waals surface area contributed by atoms with Gasteiger partial charge in [-0.05, 0) is 39.4 Å². The minimum Gasteiger partial charge on any atom is -0.330 e. The van der Waals surface area contributed by atoms with Crippen LogP contribution in [0.5, 0.6) is 0 Å². The summed E-state index contributed by atoms with van der Waals surface area (Å²) in [5.41, 5.74) is 5.38. The van der Waals surface area contributed by atoms with Gasteiger partial charge in [-0.25, -0.2) is 0 Å². The molecule has 9 heavy (non-hydrogen) atoms. The third kappa shape index (κ3) is 1.66. The number of rotatable bonds is 3. The lowest BCUT2D eigenvalue weighted by molar-refractivity contribution is 0.117. The van der Waals surface area contributed by atoms with Gasteiger partial charge in [0.25, 0.3) is 0 Å². The lowest BCUT2D eigenvalue weighted by atomic mass is 9.99. The van der Waals surface area contributed by atoms with Crippen molar-refractivity contribution < 1.29 is 0 Å². The summed E-state index contributed by atoms with van der Waals surface area (Å²) < 4.78 is 0. The van der Waals surface area contributed by atoms with Crippen molar-refractivity contribution >= 4 is 0 Å². The van der Waals surface area contributed by atoms with E-state index in [4.69, 9.17) is 5.73 Å². The van der Waals surface area contributed by atoms with Gasteiger partial charge < -0.3 is 10.6 Å². The van der Waals surface area contributed by atoms with E-state index in [0.717, 1.165) is 12.6 Å². The first-order valence-electron chi connectivity index (χ1n) is 3.75. The Morgan fingerprint density at radius 3 is 2.78 bits per heavy atom. The second kappa shape index (κ2) is 3.18. The third-order valence-electron chi connectivity index (χ3n) is 2.18. The summed E-state index contributed by atoms with van der Waals surface area (Å²) >= 11 is 0. The molecule has 1 rings (SSSR count). The number of hydrogen-bond acceptors (Lipinski definition) is 2. The molecule has 1 atom stereocenters. The molecule has 0 aliphatic carbocycles. The van der Waals surface area contributed by atoms with Crippen LogP contribution < -0.4 is 5.73 Å². The first kappa shape index (κ1) is 7.03. The SMILES string of the molecule is CN1CCC1CCCN. The highest BCUT2D eigenvalue weighted by Crippen LogP contribution is 2.18. The van der Waals surface area contributed by atoms with Crippen LogP contribution >= 0.6 is 0 Å². The molecule has 0 bridgehead atoms. The molecule has 1 heterocycles. The molecule has 1 unspecified atom stereocenters. The van der Waals surface area contributed by atoms with Crippen molar-refractivity contribution in [2.24, 2.45) is 5.73 Å². The molecule has 2 N–H and O–H groups in total. The van der Waals surface area contributed by atoms with Gasteiger partial charge in [-0.15, -0.1) is 0 Å². The molecule has 0 radical (unpaired) electrons. The lowest BCUT2D eigenvalue weighted by Crippen LogP contribution is -2.44. The summed E-state index contributed by atoms with van der Waals surface area (Å²) in [7, 11) is 2.19. The van der Waals surface area contributed by atoms with Gasteiger partial charge in [-0.2, -0.15) is 0 Å². The zero-order chi connectivity index (χ0) is 6.69. The maximum atomic E-state index is 5.38. The molecule has 0 spiro atoms. The Morgan fingerprint density at radius 1 is 1.67 bits per heavy atom. The van der Waals surface area contributed by atoms with Crippen LogP contribution in [0.25, 0.3) is 0 Å². The summed E-state index contributed by atoms with van der Waals surface area (Å²) in [6, 6.07) is 0.855. The molecule has 1 aliphatic heterocycles. The van der Waals surface area contributed by atoms with Crippen LogP contribution in [0.4, 0.5) is 0 Å². The maximum absolute atomic E-state index is 5.38. The van der Waals surface area contributed by atoms with Crippen molar-refractivity contribution in [3.05, 3.63) is 0 Å². The molecular formula is C7H16N2. The Morgan fingerprint density at radius 2 is 2.44 bits per heavy atom. The second-order valence-corrected chi connectivity index (χ2v) is 2.85. The van der Waals surface area contributed by atoms with Crippen molar-refractivity contribution in [2.75, 3.05) is 20.1 Å². The first-order valence-corrected chi connectivity index (χ1v) is 3.75. The Kier molecular flexibility index (Phi) is 2.49. The van der Waals surface area contributed by atoms with Crippen molar-refractivity contribution in [3.8, 4) is 0 Å². The zero-order valence-electron chi connectivity index (χ0n) is 6.14. The minimum absolute atomic E-state index is 0.852. The predicted octanol–water partition coefficient (Wildman–Crippen LogP) is 0.429. The molecule has 1 aliphatic rings. The van der Waals surface area contributed by atoms with Gasteiger partial charge in [0.05, 0.1) is 0 Å². The van der Waals surface area contributed by atoms with Crippen LogP contribution in [0.2, 0.25) is 0 Å². The van der Waals surface area contributed by atoms with E-state index in [1.165, 1.54) is 25.8 Å². The fourth-order valence-corrected chi connectivity index (χ4v) is 1.29. The van der Waals surface area contributed by atoms with Gasteiger partial charge in [0.1, 0.15) is 0 Å². The van der Waals surface area contributed by atoms with Crippen molar-refractivity contribution in [1.82, 2.24) is 4.90 Å². The van der Waals surface area contributed by atoms with Gasteiger partial charge in [0.2, 0.25) is 0 Å². The Balaban J connectivity index is 1.99. The molecule has 54 valence electrons. The van der Waals surface area contributed by atoms with E-state index in [2.05, 4.69) is 11.9 Å². The van der Waals surface area contributed by atoms with Gasteiger partial charge in [-0.1, -0.05) is 0 Å². The molecule has 2 nitrogen and oxygen atoms in total. The van der Waals surface area contributed by atoms with Crippen LogP contribution in [0.15, 0.2) is 0 Å². The van der Waals surface area contributed by atoms with Gasteiger partial charge in [0, 0.05) is 6.04 Å². The molecule has 1 fully saturated rings. The third-order valence-corrected chi connectivity index (χ3v) is 2.18. The maximum Gasteiger partial charge on any atom is 0.0105 e. The largest absolute Gasteiger partial charge is 0.330 e. The molecule has 0 aromatic carbocycles. The molecule has 1 saturated heterocycles. The first-order chi connectivity index (χ1) is 4.34. The Labute approximate surface area is 57.0 Å². The highest BCUT2D eigenvalue weighted by molar-refractivity contribution is 4.79. The van der Waals surface area contributed by atoms with Crippen molar-refractivity contribution in [2.45, 2.75) is 25.3 Å². The number of nitrogens with zero attached hydrogens (tertiary/aromatic N) is 1. The van der Waals surface area contributed by atoms with E-state index in [1.54, 1.807) is 0 Å². The molecule has 0 aromatic heterocycles. The average Bonchev–Trinajstić information content (AvgIpc) is 1.86. The summed E-state index contributed by atoms with van der Waals surface area (Å²) in [5, 5.41) is 0. The lowest BCUT2D eigenvalue weighted by Gasteiger charge is -2.37. The van der Waals surface area contributed by atoms with Crippen molar-refractivity contribution in [1.29, 1.82) is 0 Å². The smallest absolute Gasteiger partial charge is 0.0105 e. The van der Waals surface area contributed by atoms with E-state index in [-0.39, 0.29) is 0 Å². The Hall–Kier alpha value is -0.0800. The minimum atomic E-state index is 0.852. The summed E-state index contributed by atoms with van der Waals surface area (Å²) in [4.78, 5) is 2.40. The molecule has 0 amide bonds. The highest BCUT2D eigenvalue weighted by Gasteiger charge is 2.22. The quantitative estimate of drug-likeness (QED) is 0.597. The van der Waals surface area contributed by atoms with E-state index < -0.39 is 0 Å². The summed E-state index contributed by atoms with van der Waals surface area (Å²) in [6.45, 7) is 2.14. The fraction of sp³-hybridized carbons (Fsp3) is 1.00. The normalized spacial score (nSPS) is 28.0. The van der Waals surface area contributed by atoms with Gasteiger partial charge in [0.15, 0.2) is 0 Å². The van der Waals surface area contributed by atoms with Crippen LogP contribution in [-0.4, -0.2) is 31.1 Å². The molecule has 0 aromatic rings. The summed E-state index contributed by atoms with van der Waals surface area (Å²) in [5.74, 6) is 0. The van der Waals surface area contributed by atoms with Gasteiger partial charge >= 0.3 is 0 Å². The van der Waals surface area contributed by atoms with Crippen molar-refractivity contribution in [3.63, 3.8) is 0 Å². The predicted molar refractivity (Wildman–Crippen MR) is 39.3 cm³/mol. The average molecular weight is 128 g/mol. The van der Waals surface area contributed by atoms with Gasteiger partial charge in [-0.3, -0.25) is 0 Å². The second-order valence-electron chi connectivity index (χ2n) is 2.85. The monoisotopic (exact) mass is 128 g/mol. The zero-order valence-corrected chi connectivity index (χ0v) is 6.14. The molecular weight excluding hydrogens is 112 g/mol. The topological polar surface area (TPSA) is 29.3 Å². The Bertz CT molecular complexity index is 83.0. The standard InChI is InChI=1S/C7H16N2/c1-9-6-4-7(9)3-2-5-8/h7H,2-6,8H2,1H3. The molecule has 2 heteroatoms. The number of nitrogens with two attached hydrogens (primary N) is 1. The number of hydrogen-bond donors (Lipinski definition) is 1. The highest BCUT2D eigenvalue weighted by atomic mass is 15.2. The fourth-order valence-electron chi connectivity index (χ4n) is 1.29. The number of likely N-dealkylation sites (tertiary alicyclic amines) is 1. The van der Waals surface area contributed by atoms with E-state index >= 15 is 0 Å². The van der Waals surface area contributed by atoms with E-state index in [0.29, 0.717) is 0 Å². The van der Waals surface area contributed by atoms with Crippen LogP contribution in [-0.2, 0) is 0 Å². The molecule has 0 saturated carbocycles. The van der Waals surface area contributed by atoms with E-state index in [1.807, 2.05) is 0 Å². The summed E-state index contributed by atoms with van der Waals surface area (Å²) in [6.07, 6.45) is 3.87. The van der Waals surface area contributed by atoms with Crippen LogP contribution in [0.3, 0.4) is 0 Å².